The molecule has 0 saturated heterocycles. The predicted octanol–water partition coefficient (Wildman–Crippen LogP) is 3.54. The van der Waals surface area contributed by atoms with Crippen molar-refractivity contribution in [1.82, 2.24) is 0 Å². The monoisotopic (exact) mass is 271 g/mol. The van der Waals surface area contributed by atoms with Gasteiger partial charge in [0.1, 0.15) is 5.75 Å². The van der Waals surface area contributed by atoms with Crippen LogP contribution in [-0.2, 0) is 4.79 Å². The fraction of sp³-hybridized carbons (Fsp3) is 0. The lowest BCUT2D eigenvalue weighted by Gasteiger charge is -2.00. The quantitative estimate of drug-likeness (QED) is 0.780. The Morgan fingerprint density at radius 1 is 1.11 bits per heavy atom. The van der Waals surface area contributed by atoms with Crippen LogP contribution in [0.3, 0.4) is 0 Å². The smallest absolute Gasteiger partial charge is 0.256 e. The van der Waals surface area contributed by atoms with Crippen molar-refractivity contribution in [2.75, 3.05) is 5.32 Å². The summed E-state index contributed by atoms with van der Waals surface area (Å²) in [6, 6.07) is 11.9. The van der Waals surface area contributed by atoms with Crippen molar-refractivity contribution in [3.63, 3.8) is 0 Å². The van der Waals surface area contributed by atoms with Gasteiger partial charge in [-0.2, -0.15) is 0 Å². The van der Waals surface area contributed by atoms with E-state index in [0.717, 1.165) is 16.8 Å². The molecular formula is C15H10ClNO2. The van der Waals surface area contributed by atoms with Crippen molar-refractivity contribution in [2.45, 2.75) is 0 Å². The molecule has 1 amide bonds. The molecule has 0 radical (unpaired) electrons. The van der Waals surface area contributed by atoms with Crippen molar-refractivity contribution in [1.29, 1.82) is 0 Å². The molecule has 1 aliphatic heterocycles. The number of phenolic OH excluding ortho intramolecular Hbond substituents is 1. The molecule has 0 spiro atoms. The van der Waals surface area contributed by atoms with E-state index in [0.29, 0.717) is 10.6 Å². The summed E-state index contributed by atoms with van der Waals surface area (Å²) in [4.78, 5) is 11.9. The van der Waals surface area contributed by atoms with Crippen molar-refractivity contribution in [3.05, 3.63) is 58.6 Å². The largest absolute Gasteiger partial charge is 0.508 e. The van der Waals surface area contributed by atoms with Gasteiger partial charge in [-0.05, 0) is 42.0 Å². The number of nitrogens with one attached hydrogen (secondary N) is 1. The van der Waals surface area contributed by atoms with E-state index in [1.54, 1.807) is 48.5 Å². The third-order valence-corrected chi connectivity index (χ3v) is 3.20. The molecule has 0 atom stereocenters. The summed E-state index contributed by atoms with van der Waals surface area (Å²) < 4.78 is 0. The van der Waals surface area contributed by atoms with Crippen LogP contribution in [0.2, 0.25) is 5.02 Å². The van der Waals surface area contributed by atoms with Crippen molar-refractivity contribution < 1.29 is 9.90 Å². The lowest BCUT2D eigenvalue weighted by molar-refractivity contribution is -0.110. The number of aromatic hydroxyl groups is 1. The molecule has 1 heterocycles. The zero-order chi connectivity index (χ0) is 13.4. The van der Waals surface area contributed by atoms with Crippen LogP contribution >= 0.6 is 11.6 Å². The molecule has 4 heteroatoms. The number of anilines is 1. The second-order valence-electron chi connectivity index (χ2n) is 4.29. The van der Waals surface area contributed by atoms with Gasteiger partial charge < -0.3 is 10.4 Å². The number of carbonyl (C=O) groups excluding carboxylic acids is 1. The maximum absolute atomic E-state index is 11.9. The number of benzene rings is 2. The Labute approximate surface area is 115 Å². The number of hydrogen-bond acceptors (Lipinski definition) is 2. The number of carbonyl (C=O) groups is 1. The normalized spacial score (nSPS) is 15.4. The first-order valence-electron chi connectivity index (χ1n) is 5.75. The summed E-state index contributed by atoms with van der Waals surface area (Å²) in [7, 11) is 0. The van der Waals surface area contributed by atoms with Crippen LogP contribution in [0.5, 0.6) is 5.75 Å². The average Bonchev–Trinajstić information content (AvgIpc) is 2.69. The molecule has 2 aromatic rings. The minimum atomic E-state index is -0.148. The molecular weight excluding hydrogens is 262 g/mol. The van der Waals surface area contributed by atoms with Gasteiger partial charge in [0.15, 0.2) is 0 Å². The Morgan fingerprint density at radius 2 is 1.84 bits per heavy atom. The molecule has 3 nitrogen and oxygen atoms in total. The number of halogens is 1. The van der Waals surface area contributed by atoms with Crippen molar-refractivity contribution in [3.8, 4) is 5.75 Å². The molecule has 0 aliphatic carbocycles. The Hall–Kier alpha value is -2.26. The van der Waals surface area contributed by atoms with Gasteiger partial charge in [-0.1, -0.05) is 23.7 Å². The van der Waals surface area contributed by atoms with Crippen molar-refractivity contribution in [2.24, 2.45) is 0 Å². The van der Waals surface area contributed by atoms with Crippen LogP contribution in [0.4, 0.5) is 5.69 Å². The Kier molecular flexibility index (Phi) is 2.76. The molecule has 0 fully saturated rings. The Morgan fingerprint density at radius 3 is 2.58 bits per heavy atom. The fourth-order valence-corrected chi connectivity index (χ4v) is 2.21. The van der Waals surface area contributed by atoms with Crippen LogP contribution in [0, 0.1) is 0 Å². The van der Waals surface area contributed by atoms with E-state index in [1.165, 1.54) is 0 Å². The SMILES string of the molecule is O=C1Nc2ccc(Cl)cc2/C1=C/c1ccc(O)cc1. The number of fused-ring (bicyclic) bond motifs is 1. The number of rotatable bonds is 1. The highest BCUT2D eigenvalue weighted by molar-refractivity contribution is 6.36. The molecule has 94 valence electrons. The van der Waals surface area contributed by atoms with E-state index in [2.05, 4.69) is 5.32 Å². The third-order valence-electron chi connectivity index (χ3n) is 2.97. The van der Waals surface area contributed by atoms with Crippen LogP contribution in [0.25, 0.3) is 11.6 Å². The Bertz CT molecular complexity index is 690. The topological polar surface area (TPSA) is 49.3 Å². The number of phenols is 1. The summed E-state index contributed by atoms with van der Waals surface area (Å²) in [5.41, 5.74) is 2.98. The maximum atomic E-state index is 11.9. The van der Waals surface area contributed by atoms with Gasteiger partial charge in [-0.25, -0.2) is 0 Å². The first kappa shape index (κ1) is 11.8. The molecule has 0 saturated carbocycles. The highest BCUT2D eigenvalue weighted by Crippen LogP contribution is 2.34. The van der Waals surface area contributed by atoms with E-state index in [9.17, 15) is 9.90 Å². The minimum Gasteiger partial charge on any atom is -0.508 e. The summed E-state index contributed by atoms with van der Waals surface area (Å²) in [6.45, 7) is 0. The second-order valence-corrected chi connectivity index (χ2v) is 4.73. The summed E-state index contributed by atoms with van der Waals surface area (Å²) in [6.07, 6.45) is 1.77. The lowest BCUT2D eigenvalue weighted by atomic mass is 10.0. The third kappa shape index (κ3) is 2.20. The van der Waals surface area contributed by atoms with Crippen LogP contribution in [-0.4, -0.2) is 11.0 Å². The molecule has 0 unspecified atom stereocenters. The molecule has 2 N–H and O–H groups in total. The van der Waals surface area contributed by atoms with E-state index in [-0.39, 0.29) is 11.7 Å². The molecule has 19 heavy (non-hydrogen) atoms. The fourth-order valence-electron chi connectivity index (χ4n) is 2.04. The van der Waals surface area contributed by atoms with Crippen LogP contribution < -0.4 is 5.32 Å². The highest BCUT2D eigenvalue weighted by Gasteiger charge is 2.23. The summed E-state index contributed by atoms with van der Waals surface area (Å²) in [5, 5.41) is 12.6. The maximum Gasteiger partial charge on any atom is 0.256 e. The lowest BCUT2D eigenvalue weighted by Crippen LogP contribution is -2.03. The van der Waals surface area contributed by atoms with Crippen LogP contribution in [0.15, 0.2) is 42.5 Å². The number of hydrogen-bond donors (Lipinski definition) is 2. The average molecular weight is 272 g/mol. The number of amides is 1. The standard InChI is InChI=1S/C15H10ClNO2/c16-10-3-6-14-12(8-10)13(15(19)17-14)7-9-1-4-11(18)5-2-9/h1-8,18H,(H,17,19)/b13-7-. The van der Waals surface area contributed by atoms with E-state index >= 15 is 0 Å². The van der Waals surface area contributed by atoms with E-state index in [4.69, 9.17) is 11.6 Å². The van der Waals surface area contributed by atoms with Gasteiger partial charge in [0.05, 0.1) is 0 Å². The van der Waals surface area contributed by atoms with E-state index in [1.807, 2.05) is 0 Å². The molecule has 1 aliphatic rings. The zero-order valence-corrected chi connectivity index (χ0v) is 10.6. The summed E-state index contributed by atoms with van der Waals surface area (Å²) in [5.74, 6) is 0.0480. The van der Waals surface area contributed by atoms with Crippen LogP contribution in [0.1, 0.15) is 11.1 Å². The second kappa shape index (κ2) is 4.44. The van der Waals surface area contributed by atoms with Gasteiger partial charge in [0, 0.05) is 21.8 Å². The van der Waals surface area contributed by atoms with Gasteiger partial charge in [-0.3, -0.25) is 4.79 Å². The highest BCUT2D eigenvalue weighted by atomic mass is 35.5. The molecule has 2 aromatic carbocycles. The first-order chi connectivity index (χ1) is 9.13. The van der Waals surface area contributed by atoms with Gasteiger partial charge in [0.2, 0.25) is 0 Å². The summed E-state index contributed by atoms with van der Waals surface area (Å²) >= 11 is 5.96. The predicted molar refractivity (Wildman–Crippen MR) is 76.1 cm³/mol. The van der Waals surface area contributed by atoms with Crippen molar-refractivity contribution >= 4 is 34.8 Å². The van der Waals surface area contributed by atoms with E-state index < -0.39 is 0 Å². The molecule has 0 bridgehead atoms. The van der Waals surface area contributed by atoms with Gasteiger partial charge in [0.25, 0.3) is 5.91 Å². The Balaban J connectivity index is 2.08. The zero-order valence-electron chi connectivity index (χ0n) is 9.85. The first-order valence-corrected chi connectivity index (χ1v) is 6.13. The molecule has 0 aromatic heterocycles. The van der Waals surface area contributed by atoms with Gasteiger partial charge in [-0.15, -0.1) is 0 Å². The van der Waals surface area contributed by atoms with Gasteiger partial charge >= 0.3 is 0 Å². The minimum absolute atomic E-state index is 0.148. The molecule has 3 rings (SSSR count).